The molecule has 1 amide bonds. The number of rotatable bonds is 2. The number of halogens is 1. The van der Waals surface area contributed by atoms with Crippen molar-refractivity contribution in [2.45, 2.75) is 18.8 Å². The third-order valence-corrected chi connectivity index (χ3v) is 5.97. The third kappa shape index (κ3) is 3.15. The highest BCUT2D eigenvalue weighted by atomic mass is 79.9. The van der Waals surface area contributed by atoms with Crippen LogP contribution in [0, 0.1) is 5.92 Å². The van der Waals surface area contributed by atoms with E-state index in [0.717, 1.165) is 22.4 Å². The molecule has 3 fully saturated rings. The first-order valence-electron chi connectivity index (χ1n) is 9.12. The quantitative estimate of drug-likeness (QED) is 0.703. The average Bonchev–Trinajstić information content (AvgIpc) is 3.40. The van der Waals surface area contributed by atoms with Gasteiger partial charge in [-0.1, -0.05) is 0 Å². The molecule has 0 saturated carbocycles. The van der Waals surface area contributed by atoms with Crippen molar-refractivity contribution in [2.75, 3.05) is 44.3 Å². The molecule has 5 rings (SSSR count). The number of anilines is 1. The van der Waals surface area contributed by atoms with E-state index in [0.29, 0.717) is 39.4 Å². The van der Waals surface area contributed by atoms with Crippen molar-refractivity contribution in [1.82, 2.24) is 19.5 Å². The maximum absolute atomic E-state index is 12.5. The number of hydrogen-bond donors (Lipinski definition) is 0. The largest absolute Gasteiger partial charge is 0.443 e. The number of piperazine rings is 1. The fourth-order valence-electron chi connectivity index (χ4n) is 3.88. The normalized spacial score (nSPS) is 28.0. The number of amides is 1. The van der Waals surface area contributed by atoms with Crippen molar-refractivity contribution in [2.24, 2.45) is 5.92 Å². The molecule has 27 heavy (non-hydrogen) atoms. The lowest BCUT2D eigenvalue weighted by Gasteiger charge is -2.35. The van der Waals surface area contributed by atoms with Gasteiger partial charge in [0.15, 0.2) is 11.9 Å². The molecule has 2 aromatic rings. The fourth-order valence-corrected chi connectivity index (χ4v) is 4.24. The highest BCUT2D eigenvalue weighted by molar-refractivity contribution is 9.10. The number of ether oxygens (including phenoxy) is 3. The molecule has 3 aliphatic rings. The van der Waals surface area contributed by atoms with Crippen LogP contribution < -0.4 is 4.90 Å². The van der Waals surface area contributed by atoms with Crippen molar-refractivity contribution < 1.29 is 19.0 Å². The topological polar surface area (TPSA) is 81.4 Å². The molecule has 10 heteroatoms. The standard InChI is InChI=1S/C17H20BrN5O4/c18-12-9-19-23-3-1-14(20-15(12)23)21-4-6-22(7-5-21)17(24)27-13-10-26-16-11(13)2-8-25-16/h1,3,9,11,13,16H,2,4-8,10H2/t11-,13-,16+/m0/s1. The summed E-state index contributed by atoms with van der Waals surface area (Å²) < 4.78 is 19.3. The second-order valence-corrected chi connectivity index (χ2v) is 7.82. The molecule has 0 aliphatic carbocycles. The predicted octanol–water partition coefficient (Wildman–Crippen LogP) is 1.51. The molecule has 0 N–H and O–H groups in total. The first kappa shape index (κ1) is 17.2. The summed E-state index contributed by atoms with van der Waals surface area (Å²) in [4.78, 5) is 21.1. The van der Waals surface area contributed by atoms with Crippen molar-refractivity contribution >= 4 is 33.5 Å². The van der Waals surface area contributed by atoms with Crippen LogP contribution in [0.5, 0.6) is 0 Å². The van der Waals surface area contributed by atoms with Crippen molar-refractivity contribution in [3.05, 3.63) is 22.9 Å². The number of aromatic nitrogens is 3. The van der Waals surface area contributed by atoms with Gasteiger partial charge in [-0.2, -0.15) is 5.10 Å². The van der Waals surface area contributed by atoms with Gasteiger partial charge < -0.3 is 24.0 Å². The highest BCUT2D eigenvalue weighted by Gasteiger charge is 2.44. The van der Waals surface area contributed by atoms with Gasteiger partial charge in [-0.25, -0.2) is 14.3 Å². The fraction of sp³-hybridized carbons (Fsp3) is 0.588. The molecule has 0 bridgehead atoms. The molecule has 0 radical (unpaired) electrons. The molecule has 3 aliphatic heterocycles. The first-order valence-corrected chi connectivity index (χ1v) is 9.92. The lowest BCUT2D eigenvalue weighted by molar-refractivity contribution is -0.0907. The summed E-state index contributed by atoms with van der Waals surface area (Å²) in [6, 6.07) is 1.94. The van der Waals surface area contributed by atoms with Gasteiger partial charge in [-0.05, 0) is 28.4 Å². The lowest BCUT2D eigenvalue weighted by atomic mass is 10.0. The second kappa shape index (κ2) is 6.92. The van der Waals surface area contributed by atoms with E-state index in [2.05, 4.69) is 30.9 Å². The van der Waals surface area contributed by atoms with Crippen LogP contribution in [0.4, 0.5) is 10.6 Å². The Balaban J connectivity index is 1.19. The van der Waals surface area contributed by atoms with Gasteiger partial charge in [0.05, 0.1) is 29.8 Å². The lowest BCUT2D eigenvalue weighted by Crippen LogP contribution is -2.50. The predicted molar refractivity (Wildman–Crippen MR) is 98.5 cm³/mol. The number of nitrogens with zero attached hydrogens (tertiary/aromatic N) is 5. The Morgan fingerprint density at radius 1 is 1.26 bits per heavy atom. The van der Waals surface area contributed by atoms with Gasteiger partial charge in [-0.3, -0.25) is 0 Å². The van der Waals surface area contributed by atoms with E-state index in [1.807, 2.05) is 12.3 Å². The minimum absolute atomic E-state index is 0.167. The maximum atomic E-state index is 12.5. The van der Waals surface area contributed by atoms with E-state index in [4.69, 9.17) is 14.2 Å². The second-order valence-electron chi connectivity index (χ2n) is 6.97. The molecule has 9 nitrogen and oxygen atoms in total. The Labute approximate surface area is 164 Å². The Kier molecular flexibility index (Phi) is 4.41. The summed E-state index contributed by atoms with van der Waals surface area (Å²) in [5.74, 6) is 1.05. The summed E-state index contributed by atoms with van der Waals surface area (Å²) in [7, 11) is 0. The summed E-state index contributed by atoms with van der Waals surface area (Å²) in [6.45, 7) is 3.72. The molecule has 0 aromatic carbocycles. The average molecular weight is 438 g/mol. The zero-order valence-electron chi connectivity index (χ0n) is 14.7. The number of hydrogen-bond acceptors (Lipinski definition) is 7. The van der Waals surface area contributed by atoms with Gasteiger partial charge in [0.2, 0.25) is 0 Å². The number of carbonyl (C=O) groups is 1. The zero-order chi connectivity index (χ0) is 18.4. The molecule has 0 spiro atoms. The van der Waals surface area contributed by atoms with Crippen LogP contribution in [0.25, 0.3) is 5.65 Å². The van der Waals surface area contributed by atoms with Crippen LogP contribution in [0.1, 0.15) is 6.42 Å². The molecular formula is C17H20BrN5O4. The summed E-state index contributed by atoms with van der Waals surface area (Å²) >= 11 is 3.46. The smallest absolute Gasteiger partial charge is 0.410 e. The maximum Gasteiger partial charge on any atom is 0.410 e. The minimum Gasteiger partial charge on any atom is -0.443 e. The summed E-state index contributed by atoms with van der Waals surface area (Å²) in [5.41, 5.74) is 0.781. The van der Waals surface area contributed by atoms with Crippen LogP contribution in [0.3, 0.4) is 0 Å². The Bertz CT molecular complexity index is 853. The van der Waals surface area contributed by atoms with Crippen molar-refractivity contribution in [3.63, 3.8) is 0 Å². The molecule has 3 saturated heterocycles. The Hall–Kier alpha value is -1.91. The Morgan fingerprint density at radius 3 is 2.96 bits per heavy atom. The van der Waals surface area contributed by atoms with E-state index >= 15 is 0 Å². The third-order valence-electron chi connectivity index (χ3n) is 5.41. The number of carbonyl (C=O) groups excluding carboxylic acids is 1. The van der Waals surface area contributed by atoms with Gasteiger partial charge in [0.1, 0.15) is 11.9 Å². The van der Waals surface area contributed by atoms with Gasteiger partial charge in [0.25, 0.3) is 0 Å². The highest BCUT2D eigenvalue weighted by Crippen LogP contribution is 2.33. The molecule has 5 heterocycles. The van der Waals surface area contributed by atoms with Gasteiger partial charge >= 0.3 is 6.09 Å². The van der Waals surface area contributed by atoms with Gasteiger partial charge in [-0.15, -0.1) is 0 Å². The van der Waals surface area contributed by atoms with Crippen LogP contribution in [0.2, 0.25) is 0 Å². The van der Waals surface area contributed by atoms with E-state index in [1.165, 1.54) is 0 Å². The van der Waals surface area contributed by atoms with Crippen LogP contribution in [-0.2, 0) is 14.2 Å². The van der Waals surface area contributed by atoms with Crippen LogP contribution >= 0.6 is 15.9 Å². The molecule has 3 atom stereocenters. The molecule has 144 valence electrons. The first-order chi connectivity index (χ1) is 13.2. The molecular weight excluding hydrogens is 418 g/mol. The van der Waals surface area contributed by atoms with Gasteiger partial charge in [0, 0.05) is 32.4 Å². The van der Waals surface area contributed by atoms with E-state index in [9.17, 15) is 4.79 Å². The SMILES string of the molecule is O=C(O[C@H]1CO[C@H]2OCC[C@H]21)N1CCN(c2ccn3ncc(Br)c3n2)CC1. The number of fused-ring (bicyclic) bond motifs is 2. The molecule has 2 aromatic heterocycles. The van der Waals surface area contributed by atoms with Crippen molar-refractivity contribution in [3.8, 4) is 0 Å². The summed E-state index contributed by atoms with van der Waals surface area (Å²) in [5, 5.41) is 4.21. The van der Waals surface area contributed by atoms with E-state index in [1.54, 1.807) is 15.6 Å². The van der Waals surface area contributed by atoms with Crippen LogP contribution in [-0.4, -0.2) is 77.4 Å². The Morgan fingerprint density at radius 2 is 2.11 bits per heavy atom. The minimum atomic E-state index is -0.266. The van der Waals surface area contributed by atoms with E-state index in [-0.39, 0.29) is 24.4 Å². The summed E-state index contributed by atoms with van der Waals surface area (Å²) in [6.07, 6.45) is 3.83. The van der Waals surface area contributed by atoms with Crippen molar-refractivity contribution in [1.29, 1.82) is 0 Å². The molecule has 0 unspecified atom stereocenters. The van der Waals surface area contributed by atoms with Crippen LogP contribution in [0.15, 0.2) is 22.9 Å². The zero-order valence-corrected chi connectivity index (χ0v) is 16.2. The monoisotopic (exact) mass is 437 g/mol. The van der Waals surface area contributed by atoms with E-state index < -0.39 is 0 Å².